The first-order valence-electron chi connectivity index (χ1n) is 23.9. The Labute approximate surface area is 437 Å². The fraction of sp³-hybridized carbons (Fsp3) is 0.296. The summed E-state index contributed by atoms with van der Waals surface area (Å²) >= 11 is 0. The topological polar surface area (TPSA) is 251 Å². The largest absolute Gasteiger partial charge is 0.506 e. The number of ether oxygens (including phenoxy) is 1. The maximum atomic E-state index is 13.1. The zero-order valence-corrected chi connectivity index (χ0v) is 41.4. The number of aliphatic carboxylic acids is 2. The van der Waals surface area contributed by atoms with Gasteiger partial charge in [0.15, 0.2) is 0 Å². The number of hydrogen-bond donors (Lipinski definition) is 8. The number of carbonyl (C=O) groups excluding carboxylic acids is 3. The molecule has 0 bridgehead atoms. The Bertz CT molecular complexity index is 2980. The van der Waals surface area contributed by atoms with E-state index in [4.69, 9.17) is 24.5 Å². The highest BCUT2D eigenvalue weighted by molar-refractivity contribution is 5.93. The molecule has 1 atom stereocenters. The number of benzene rings is 5. The Morgan fingerprint density at radius 1 is 0.779 bits per heavy atom. The highest BCUT2D eigenvalue weighted by Crippen LogP contribution is 2.30. The first-order valence-corrected chi connectivity index (χ1v) is 23.9. The Balaban J connectivity index is 0.000000688. The quantitative estimate of drug-likeness (QED) is 0.0319. The Kier molecular flexibility index (Phi) is 21.7. The van der Waals surface area contributed by atoms with Gasteiger partial charge in [-0.1, -0.05) is 91.0 Å². The molecule has 3 amide bonds. The average Bonchev–Trinajstić information content (AvgIpc) is 3.39. The van der Waals surface area contributed by atoms with Gasteiger partial charge in [-0.3, -0.25) is 19.7 Å². The summed E-state index contributed by atoms with van der Waals surface area (Å²) in [6.45, 7) is 3.32. The summed E-state index contributed by atoms with van der Waals surface area (Å²) in [5, 5.41) is 45.0. The lowest BCUT2D eigenvalue weighted by Crippen LogP contribution is -2.40. The molecule has 17 nitrogen and oxygen atoms in total. The number of piperidine rings is 1. The number of carboxylic acid groups (broad SMARTS) is 2. The summed E-state index contributed by atoms with van der Waals surface area (Å²) < 4.78 is 69.2. The monoisotopic (exact) mass is 1080 g/mol. The maximum Gasteiger partial charge on any atom is 0.490 e. The molecule has 1 saturated heterocycles. The molecule has 1 aromatic heterocycles. The number of halogens is 6. The molecule has 2 heterocycles. The number of fused-ring (bicyclic) bond motifs is 1. The lowest BCUT2D eigenvalue weighted by Gasteiger charge is -2.31. The fourth-order valence-corrected chi connectivity index (χ4v) is 7.88. The van der Waals surface area contributed by atoms with Crippen molar-refractivity contribution in [3.8, 4) is 16.9 Å². The second-order valence-electron chi connectivity index (χ2n) is 17.5. The summed E-state index contributed by atoms with van der Waals surface area (Å²) in [4.78, 5) is 74.9. The average molecular weight is 1080 g/mol. The van der Waals surface area contributed by atoms with Gasteiger partial charge in [-0.25, -0.2) is 14.4 Å². The third kappa shape index (κ3) is 19.1. The van der Waals surface area contributed by atoms with Crippen molar-refractivity contribution in [3.63, 3.8) is 0 Å². The molecule has 0 saturated carbocycles. The number of H-pyrrole nitrogens is 1. The molecule has 77 heavy (non-hydrogen) atoms. The van der Waals surface area contributed by atoms with Crippen LogP contribution >= 0.6 is 0 Å². The predicted octanol–water partition coefficient (Wildman–Crippen LogP) is 7.96. The zero-order valence-electron chi connectivity index (χ0n) is 41.4. The number of para-hydroxylation sites is 1. The minimum Gasteiger partial charge on any atom is -0.506 e. The first kappa shape index (κ1) is 59.6. The van der Waals surface area contributed by atoms with Crippen molar-refractivity contribution in [1.29, 1.82) is 0 Å². The normalized spacial score (nSPS) is 13.2. The first-order chi connectivity index (χ1) is 36.5. The number of anilines is 2. The molecule has 0 aliphatic carbocycles. The number of phenols is 1. The van der Waals surface area contributed by atoms with E-state index in [-0.39, 0.29) is 42.2 Å². The molecule has 23 heteroatoms. The predicted molar refractivity (Wildman–Crippen MR) is 273 cm³/mol. The van der Waals surface area contributed by atoms with Gasteiger partial charge in [0.2, 0.25) is 17.4 Å². The molecule has 8 N–H and O–H groups in total. The van der Waals surface area contributed by atoms with Crippen LogP contribution in [-0.2, 0) is 43.3 Å². The van der Waals surface area contributed by atoms with Crippen molar-refractivity contribution in [1.82, 2.24) is 20.5 Å². The summed E-state index contributed by atoms with van der Waals surface area (Å²) in [5.74, 6) is -5.66. The molecular formula is C54H56F6N6O11. The van der Waals surface area contributed by atoms with Crippen LogP contribution in [0.3, 0.4) is 0 Å². The summed E-state index contributed by atoms with van der Waals surface area (Å²) in [6, 6.07) is 39.1. The Morgan fingerprint density at radius 3 is 2.05 bits per heavy atom. The van der Waals surface area contributed by atoms with Gasteiger partial charge >= 0.3 is 30.4 Å². The Morgan fingerprint density at radius 2 is 1.40 bits per heavy atom. The summed E-state index contributed by atoms with van der Waals surface area (Å²) in [7, 11) is 1.77. The van der Waals surface area contributed by atoms with Crippen LogP contribution in [0, 0.1) is 0 Å². The maximum absolute atomic E-state index is 13.1. The number of nitrogens with zero attached hydrogens (tertiary/aromatic N) is 2. The number of pyridine rings is 1. The van der Waals surface area contributed by atoms with Gasteiger partial charge in [0, 0.05) is 68.9 Å². The van der Waals surface area contributed by atoms with Crippen LogP contribution in [-0.4, -0.2) is 118 Å². The second-order valence-corrected chi connectivity index (χ2v) is 17.5. The number of likely N-dealkylation sites (tertiary alicyclic amines) is 1. The summed E-state index contributed by atoms with van der Waals surface area (Å²) in [5.41, 5.74) is 6.86. The number of aliphatic hydroxyl groups excluding tert-OH is 1. The van der Waals surface area contributed by atoms with Crippen molar-refractivity contribution in [2.45, 2.75) is 63.2 Å². The van der Waals surface area contributed by atoms with Crippen LogP contribution in [0.25, 0.3) is 22.0 Å². The number of rotatable bonds is 17. The lowest BCUT2D eigenvalue weighted by molar-refractivity contribution is -0.193. The lowest BCUT2D eigenvalue weighted by atomic mass is 10.0. The smallest absolute Gasteiger partial charge is 0.490 e. The van der Waals surface area contributed by atoms with E-state index in [1.54, 1.807) is 24.1 Å². The van der Waals surface area contributed by atoms with Gasteiger partial charge in [0.25, 0.3) is 0 Å². The number of phenolic OH excluding ortho intramolecular Hbond substituents is 1. The number of aromatic nitrogens is 1. The SMILES string of the molecule is CN(C(=O)CCN1CCC(OC(=O)Nc2ccccc2-c2ccccc2)CC1)c1ccc(CNC(=O)Cc2cccc(CCNC[C@H](O)c3ccc(O)c4[nH]c(=O)ccc34)c2)cc1.O=C(O)C(F)(F)F.O=C(O)C(F)(F)F. The van der Waals surface area contributed by atoms with E-state index in [2.05, 4.69) is 25.8 Å². The number of nitrogens with one attached hydrogen (secondary N) is 4. The number of aromatic amines is 1. The van der Waals surface area contributed by atoms with E-state index in [9.17, 15) is 55.7 Å². The molecule has 7 rings (SSSR count). The number of aliphatic hydroxyl groups is 1. The third-order valence-electron chi connectivity index (χ3n) is 11.9. The van der Waals surface area contributed by atoms with E-state index in [1.807, 2.05) is 103 Å². The molecule has 5 aromatic carbocycles. The van der Waals surface area contributed by atoms with Gasteiger partial charge in [0.1, 0.15) is 11.9 Å². The van der Waals surface area contributed by atoms with E-state index in [0.717, 1.165) is 46.6 Å². The van der Waals surface area contributed by atoms with Crippen LogP contribution in [0.4, 0.5) is 42.5 Å². The molecule has 0 unspecified atom stereocenters. The number of hydrogen-bond acceptors (Lipinski definition) is 11. The van der Waals surface area contributed by atoms with E-state index in [0.29, 0.717) is 67.5 Å². The molecule has 1 aliphatic heterocycles. The minimum absolute atomic E-state index is 0.00358. The third-order valence-corrected chi connectivity index (χ3v) is 11.9. The molecule has 1 fully saturated rings. The van der Waals surface area contributed by atoms with Gasteiger partial charge in [-0.2, -0.15) is 26.3 Å². The summed E-state index contributed by atoms with van der Waals surface area (Å²) in [6.07, 6.45) is -8.99. The minimum atomic E-state index is -5.08. The molecule has 0 spiro atoms. The van der Waals surface area contributed by atoms with Crippen LogP contribution in [0.15, 0.2) is 132 Å². The van der Waals surface area contributed by atoms with E-state index in [1.165, 1.54) is 12.1 Å². The van der Waals surface area contributed by atoms with Crippen molar-refractivity contribution < 1.29 is 75.5 Å². The van der Waals surface area contributed by atoms with Gasteiger partial charge < -0.3 is 50.6 Å². The Hall–Kier alpha value is -8.28. The van der Waals surface area contributed by atoms with E-state index >= 15 is 0 Å². The second kappa shape index (κ2) is 28.0. The zero-order chi connectivity index (χ0) is 56.3. The number of carbonyl (C=O) groups is 5. The molecule has 410 valence electrons. The number of amides is 3. The van der Waals surface area contributed by atoms with Crippen LogP contribution in [0.5, 0.6) is 5.75 Å². The van der Waals surface area contributed by atoms with Crippen molar-refractivity contribution in [2.75, 3.05) is 50.0 Å². The highest BCUT2D eigenvalue weighted by Gasteiger charge is 2.39. The number of carboxylic acids is 2. The molecule has 1 aliphatic rings. The van der Waals surface area contributed by atoms with Crippen LogP contribution < -0.4 is 26.4 Å². The van der Waals surface area contributed by atoms with Crippen LogP contribution in [0.2, 0.25) is 0 Å². The van der Waals surface area contributed by atoms with Crippen LogP contribution in [0.1, 0.15) is 47.6 Å². The van der Waals surface area contributed by atoms with Gasteiger partial charge in [-0.05, 0) is 84.0 Å². The molecule has 0 radical (unpaired) electrons. The number of alkyl halides is 6. The standard InChI is InChI=1S/C50H54N6O7.2C2HF3O2/c1-55(48(61)25-29-56-27-23-39(24-28-56)63-50(62)53-43-13-6-5-12-40(43)37-10-3-2-4-11-37)38-16-14-35(15-17-38)32-52-47(60)31-36-9-7-8-34(30-36)22-26-51-33-45(58)41-18-20-44(57)49-42(41)19-21-46(59)54-49;2*3-2(4,5)1(6)7/h2-21,30,39,45,51,57-58H,22-29,31-33H2,1H3,(H,52,60)(H,53,62)(H,54,59);2*(H,6,7)/t45-;;/m0../s1. The van der Waals surface area contributed by atoms with E-state index < -0.39 is 36.5 Å². The van der Waals surface area contributed by atoms with Crippen molar-refractivity contribution in [3.05, 3.63) is 160 Å². The number of aromatic hydroxyl groups is 1. The molecular weight excluding hydrogens is 1020 g/mol. The van der Waals surface area contributed by atoms with Crippen molar-refractivity contribution in [2.24, 2.45) is 0 Å². The fourth-order valence-electron chi connectivity index (χ4n) is 7.88. The highest BCUT2D eigenvalue weighted by atomic mass is 19.4. The van der Waals surface area contributed by atoms with Crippen molar-refractivity contribution >= 4 is 52.1 Å². The van der Waals surface area contributed by atoms with Gasteiger partial charge in [-0.15, -0.1) is 0 Å². The van der Waals surface area contributed by atoms with Gasteiger partial charge in [0.05, 0.1) is 23.7 Å². The molecule has 6 aromatic rings.